The minimum absolute atomic E-state index is 0.330. The topological polar surface area (TPSA) is 105 Å². The molecule has 2 amide bonds. The minimum atomic E-state index is -1.19. The fourth-order valence-corrected chi connectivity index (χ4v) is 1.34. The average molecular weight is 266 g/mol. The number of carboxylic acid groups (broad SMARTS) is 1. The van der Waals surface area contributed by atoms with Gasteiger partial charge in [-0.1, -0.05) is 30.3 Å². The Morgan fingerprint density at radius 2 is 1.89 bits per heavy atom. The van der Waals surface area contributed by atoms with Crippen molar-refractivity contribution in [2.24, 2.45) is 0 Å². The predicted molar refractivity (Wildman–Crippen MR) is 65.4 cm³/mol. The molecule has 0 bridgehead atoms. The van der Waals surface area contributed by atoms with Crippen LogP contribution >= 0.6 is 0 Å². The highest BCUT2D eigenvalue weighted by molar-refractivity contribution is 5.85. The Bertz CT molecular complexity index is 460. The van der Waals surface area contributed by atoms with Crippen LogP contribution in [0, 0.1) is 0 Å². The molecule has 0 aliphatic rings. The molecule has 7 heteroatoms. The van der Waals surface area contributed by atoms with Crippen molar-refractivity contribution in [1.82, 2.24) is 10.6 Å². The molecule has 0 saturated carbocycles. The van der Waals surface area contributed by atoms with Crippen molar-refractivity contribution in [1.29, 1.82) is 0 Å². The Balaban J connectivity index is 2.62. The Morgan fingerprint density at radius 3 is 2.42 bits per heavy atom. The van der Waals surface area contributed by atoms with Crippen LogP contribution in [0.2, 0.25) is 0 Å². The molecule has 3 N–H and O–H groups in total. The predicted octanol–water partition coefficient (Wildman–Crippen LogP) is 0.285. The van der Waals surface area contributed by atoms with Crippen LogP contribution in [0.3, 0.4) is 0 Å². The molecular weight excluding hydrogens is 252 g/mol. The maximum atomic E-state index is 11.5. The molecule has 0 unspecified atom stereocenters. The van der Waals surface area contributed by atoms with E-state index in [1.165, 1.54) is 7.11 Å². The van der Waals surface area contributed by atoms with Gasteiger partial charge in [0.05, 0.1) is 7.11 Å². The molecule has 0 radical (unpaired) electrons. The largest absolute Gasteiger partial charge is 0.479 e. The van der Waals surface area contributed by atoms with Crippen molar-refractivity contribution >= 4 is 18.0 Å². The number of amides is 2. The van der Waals surface area contributed by atoms with Crippen LogP contribution in [0.1, 0.15) is 11.6 Å². The number of hydrogen-bond acceptors (Lipinski definition) is 4. The quantitative estimate of drug-likeness (QED) is 0.664. The number of carboxylic acids is 1. The molecule has 0 aliphatic carbocycles. The Kier molecular flexibility index (Phi) is 5.34. The van der Waals surface area contributed by atoms with Crippen LogP contribution in [0.5, 0.6) is 0 Å². The highest BCUT2D eigenvalue weighted by Crippen LogP contribution is 2.12. The van der Waals surface area contributed by atoms with Gasteiger partial charge in [0.2, 0.25) is 0 Å². The van der Waals surface area contributed by atoms with Gasteiger partial charge in [-0.2, -0.15) is 0 Å². The fourth-order valence-electron chi connectivity index (χ4n) is 1.34. The summed E-state index contributed by atoms with van der Waals surface area (Å²) >= 11 is 0. The molecule has 1 aromatic rings. The molecule has 102 valence electrons. The smallest absolute Gasteiger partial charge is 0.330 e. The zero-order valence-corrected chi connectivity index (χ0v) is 10.3. The van der Waals surface area contributed by atoms with E-state index in [0.717, 1.165) is 0 Å². The number of benzene rings is 1. The lowest BCUT2D eigenvalue weighted by atomic mass is 10.1. The van der Waals surface area contributed by atoms with Crippen LogP contribution in [0.25, 0.3) is 0 Å². The summed E-state index contributed by atoms with van der Waals surface area (Å²) in [5, 5.41) is 13.5. The van der Waals surface area contributed by atoms with E-state index in [1.807, 2.05) is 0 Å². The van der Waals surface area contributed by atoms with E-state index in [1.54, 1.807) is 30.3 Å². The van der Waals surface area contributed by atoms with Gasteiger partial charge in [-0.15, -0.1) is 0 Å². The number of methoxy groups -OCH3 is 1. The molecular formula is C12H14N2O5. The summed E-state index contributed by atoms with van der Waals surface area (Å²) < 4.78 is 4.34. The highest BCUT2D eigenvalue weighted by atomic mass is 16.5. The Hall–Kier alpha value is -2.57. The van der Waals surface area contributed by atoms with Crippen molar-refractivity contribution in [2.75, 3.05) is 13.7 Å². The average Bonchev–Trinajstić information content (AvgIpc) is 2.42. The van der Waals surface area contributed by atoms with Crippen LogP contribution in [0.15, 0.2) is 30.3 Å². The number of ether oxygens (including phenoxy) is 1. The Labute approximate surface area is 109 Å². The van der Waals surface area contributed by atoms with E-state index in [2.05, 4.69) is 15.4 Å². The third-order valence-corrected chi connectivity index (χ3v) is 2.28. The number of esters is 1. The second-order valence-electron chi connectivity index (χ2n) is 3.59. The second kappa shape index (κ2) is 7.00. The van der Waals surface area contributed by atoms with Crippen molar-refractivity contribution in [2.45, 2.75) is 6.04 Å². The van der Waals surface area contributed by atoms with Gasteiger partial charge in [0, 0.05) is 0 Å². The number of rotatable bonds is 5. The van der Waals surface area contributed by atoms with Crippen LogP contribution in [-0.4, -0.2) is 36.7 Å². The van der Waals surface area contributed by atoms with Gasteiger partial charge < -0.3 is 20.5 Å². The van der Waals surface area contributed by atoms with E-state index < -0.39 is 24.0 Å². The monoisotopic (exact) mass is 266 g/mol. The second-order valence-corrected chi connectivity index (χ2v) is 3.59. The number of urea groups is 1. The van der Waals surface area contributed by atoms with Gasteiger partial charge in [0.15, 0.2) is 6.04 Å². The third kappa shape index (κ3) is 4.66. The van der Waals surface area contributed by atoms with Gasteiger partial charge in [-0.25, -0.2) is 9.59 Å². The van der Waals surface area contributed by atoms with Gasteiger partial charge in [0.1, 0.15) is 6.54 Å². The van der Waals surface area contributed by atoms with E-state index in [9.17, 15) is 14.4 Å². The standard InChI is InChI=1S/C12H14N2O5/c1-19-9(15)7-13-12(18)14-10(11(16)17)8-5-3-2-4-6-8/h2-6,10H,7H2,1H3,(H,16,17)(H2,13,14,18)/t10-/m1/s1. The summed E-state index contributed by atoms with van der Waals surface area (Å²) in [6.45, 7) is -0.330. The number of hydrogen-bond donors (Lipinski definition) is 3. The number of carbonyl (C=O) groups excluding carboxylic acids is 2. The van der Waals surface area contributed by atoms with Crippen LogP contribution < -0.4 is 10.6 Å². The van der Waals surface area contributed by atoms with Crippen molar-refractivity contribution in [3.8, 4) is 0 Å². The van der Waals surface area contributed by atoms with E-state index in [-0.39, 0.29) is 6.54 Å². The number of carbonyl (C=O) groups is 3. The molecule has 1 aromatic carbocycles. The Morgan fingerprint density at radius 1 is 1.26 bits per heavy atom. The molecule has 0 aromatic heterocycles. The zero-order valence-electron chi connectivity index (χ0n) is 10.3. The summed E-state index contributed by atoms with van der Waals surface area (Å²) in [6, 6.07) is 6.29. The maximum Gasteiger partial charge on any atom is 0.330 e. The first kappa shape index (κ1) is 14.5. The lowest BCUT2D eigenvalue weighted by Crippen LogP contribution is -2.42. The summed E-state index contributed by atoms with van der Waals surface area (Å²) in [7, 11) is 1.19. The lowest BCUT2D eigenvalue weighted by Gasteiger charge is -2.15. The SMILES string of the molecule is COC(=O)CNC(=O)N[C@@H](C(=O)O)c1ccccc1. The lowest BCUT2D eigenvalue weighted by molar-refractivity contribution is -0.139. The molecule has 19 heavy (non-hydrogen) atoms. The summed E-state index contributed by atoms with van der Waals surface area (Å²) in [5.74, 6) is -1.82. The molecule has 0 aliphatic heterocycles. The maximum absolute atomic E-state index is 11.5. The van der Waals surface area contributed by atoms with Crippen molar-refractivity contribution in [3.05, 3.63) is 35.9 Å². The summed E-state index contributed by atoms with van der Waals surface area (Å²) in [6.07, 6.45) is 0. The highest BCUT2D eigenvalue weighted by Gasteiger charge is 2.21. The van der Waals surface area contributed by atoms with Crippen LogP contribution in [-0.2, 0) is 14.3 Å². The van der Waals surface area contributed by atoms with Crippen LogP contribution in [0.4, 0.5) is 4.79 Å². The summed E-state index contributed by atoms with van der Waals surface area (Å²) in [4.78, 5) is 33.4. The van der Waals surface area contributed by atoms with Gasteiger partial charge in [-0.05, 0) is 5.56 Å². The molecule has 0 heterocycles. The normalized spacial score (nSPS) is 11.2. The molecule has 0 spiro atoms. The first-order valence-corrected chi connectivity index (χ1v) is 5.43. The first-order chi connectivity index (χ1) is 9.04. The summed E-state index contributed by atoms with van der Waals surface area (Å²) in [5.41, 5.74) is 0.434. The van der Waals surface area contributed by atoms with Gasteiger partial charge in [0.25, 0.3) is 0 Å². The number of nitrogens with one attached hydrogen (secondary N) is 2. The fraction of sp³-hybridized carbons (Fsp3) is 0.250. The molecule has 0 fully saturated rings. The first-order valence-electron chi connectivity index (χ1n) is 5.43. The van der Waals surface area contributed by atoms with Crippen molar-refractivity contribution < 1.29 is 24.2 Å². The molecule has 7 nitrogen and oxygen atoms in total. The van der Waals surface area contributed by atoms with Gasteiger partial charge >= 0.3 is 18.0 Å². The molecule has 1 rings (SSSR count). The minimum Gasteiger partial charge on any atom is -0.479 e. The zero-order chi connectivity index (χ0) is 14.3. The van der Waals surface area contributed by atoms with Gasteiger partial charge in [-0.3, -0.25) is 4.79 Å². The molecule has 0 saturated heterocycles. The molecule has 1 atom stereocenters. The van der Waals surface area contributed by atoms with E-state index >= 15 is 0 Å². The van der Waals surface area contributed by atoms with E-state index in [0.29, 0.717) is 5.56 Å². The van der Waals surface area contributed by atoms with E-state index in [4.69, 9.17) is 5.11 Å². The van der Waals surface area contributed by atoms with Crippen molar-refractivity contribution in [3.63, 3.8) is 0 Å². The number of aliphatic carboxylic acids is 1. The third-order valence-electron chi connectivity index (χ3n) is 2.28.